The number of ether oxygens (including phenoxy) is 1. The van der Waals surface area contributed by atoms with E-state index in [1.807, 2.05) is 12.1 Å². The maximum atomic E-state index is 6.16. The number of methoxy groups -OCH3 is 1. The summed E-state index contributed by atoms with van der Waals surface area (Å²) in [5, 5.41) is 1.49. The molecule has 3 rings (SSSR count). The minimum absolute atomic E-state index is 0.164. The van der Waals surface area contributed by atoms with E-state index in [-0.39, 0.29) is 5.28 Å². The largest absolute Gasteiger partial charge is 0.497 e. The number of benzene rings is 1. The molecule has 0 bridgehead atoms. The van der Waals surface area contributed by atoms with Crippen molar-refractivity contribution in [3.63, 3.8) is 0 Å². The summed E-state index contributed by atoms with van der Waals surface area (Å²) >= 11 is 12.0. The van der Waals surface area contributed by atoms with Gasteiger partial charge in [0, 0.05) is 11.5 Å². The summed E-state index contributed by atoms with van der Waals surface area (Å²) in [4.78, 5) is 8.21. The van der Waals surface area contributed by atoms with Crippen LogP contribution >= 0.6 is 23.2 Å². The molecular formula is C12H10Cl2N2O. The summed E-state index contributed by atoms with van der Waals surface area (Å²) in [6.45, 7) is 0. The van der Waals surface area contributed by atoms with Crippen molar-refractivity contribution in [1.82, 2.24) is 9.97 Å². The SMILES string of the molecule is COc1cc(C2CC2)c2c(Cl)nc(Cl)nc2c1. The Morgan fingerprint density at radius 2 is 2.00 bits per heavy atom. The van der Waals surface area contributed by atoms with Crippen molar-refractivity contribution in [2.75, 3.05) is 7.11 Å². The molecule has 5 heteroatoms. The van der Waals surface area contributed by atoms with Gasteiger partial charge in [0.05, 0.1) is 12.6 Å². The lowest BCUT2D eigenvalue weighted by Gasteiger charge is -2.09. The standard InChI is InChI=1S/C12H10Cl2N2O/c1-17-7-4-8(6-2-3-6)10-9(5-7)15-12(14)16-11(10)13/h4-6H,2-3H2,1H3. The van der Waals surface area contributed by atoms with Crippen molar-refractivity contribution < 1.29 is 4.74 Å². The van der Waals surface area contributed by atoms with Crippen LogP contribution in [0, 0.1) is 0 Å². The Bertz CT molecular complexity index is 597. The number of fused-ring (bicyclic) bond motifs is 1. The monoisotopic (exact) mass is 268 g/mol. The predicted molar refractivity (Wildman–Crippen MR) is 68.1 cm³/mol. The van der Waals surface area contributed by atoms with Gasteiger partial charge < -0.3 is 4.74 Å². The van der Waals surface area contributed by atoms with Gasteiger partial charge in [-0.15, -0.1) is 0 Å². The maximum absolute atomic E-state index is 6.16. The second-order valence-corrected chi connectivity index (χ2v) is 4.86. The highest BCUT2D eigenvalue weighted by Crippen LogP contribution is 2.45. The molecule has 0 radical (unpaired) electrons. The van der Waals surface area contributed by atoms with Crippen LogP contribution < -0.4 is 4.74 Å². The number of aromatic nitrogens is 2. The summed E-state index contributed by atoms with van der Waals surface area (Å²) in [6.07, 6.45) is 2.36. The van der Waals surface area contributed by atoms with Gasteiger partial charge in [-0.3, -0.25) is 0 Å². The van der Waals surface area contributed by atoms with Crippen molar-refractivity contribution in [1.29, 1.82) is 0 Å². The number of nitrogens with zero attached hydrogens (tertiary/aromatic N) is 2. The molecule has 17 heavy (non-hydrogen) atoms. The highest BCUT2D eigenvalue weighted by atomic mass is 35.5. The second-order valence-electron chi connectivity index (χ2n) is 4.17. The average molecular weight is 269 g/mol. The Morgan fingerprint density at radius 1 is 1.24 bits per heavy atom. The topological polar surface area (TPSA) is 35.0 Å². The van der Waals surface area contributed by atoms with Gasteiger partial charge >= 0.3 is 0 Å². The Labute approximate surface area is 109 Å². The van der Waals surface area contributed by atoms with Gasteiger partial charge in [-0.1, -0.05) is 11.6 Å². The normalized spacial score (nSPS) is 15.2. The number of hydrogen-bond donors (Lipinski definition) is 0. The van der Waals surface area contributed by atoms with E-state index in [1.54, 1.807) is 7.11 Å². The molecule has 0 amide bonds. The molecule has 0 atom stereocenters. The van der Waals surface area contributed by atoms with E-state index in [1.165, 1.54) is 18.4 Å². The first kappa shape index (κ1) is 11.1. The van der Waals surface area contributed by atoms with Crippen LogP contribution in [-0.4, -0.2) is 17.1 Å². The fourth-order valence-corrected chi connectivity index (χ4v) is 2.54. The number of halogens is 2. The Hall–Kier alpha value is -1.06. The van der Waals surface area contributed by atoms with Crippen molar-refractivity contribution in [3.8, 4) is 5.75 Å². The molecule has 3 nitrogen and oxygen atoms in total. The third-order valence-corrected chi connectivity index (χ3v) is 3.43. The minimum Gasteiger partial charge on any atom is -0.497 e. The maximum Gasteiger partial charge on any atom is 0.224 e. The van der Waals surface area contributed by atoms with Crippen molar-refractivity contribution >= 4 is 34.1 Å². The third kappa shape index (κ3) is 1.94. The van der Waals surface area contributed by atoms with Gasteiger partial charge in [0.2, 0.25) is 5.28 Å². The van der Waals surface area contributed by atoms with E-state index in [0.29, 0.717) is 11.1 Å². The zero-order valence-corrected chi connectivity index (χ0v) is 10.7. The second kappa shape index (κ2) is 4.00. The van der Waals surface area contributed by atoms with Gasteiger partial charge in [0.1, 0.15) is 10.9 Å². The summed E-state index contributed by atoms with van der Waals surface area (Å²) in [5.74, 6) is 1.33. The lowest BCUT2D eigenvalue weighted by atomic mass is 10.1. The highest BCUT2D eigenvalue weighted by molar-refractivity contribution is 6.36. The van der Waals surface area contributed by atoms with Crippen LogP contribution in [0.15, 0.2) is 12.1 Å². The van der Waals surface area contributed by atoms with Crippen LogP contribution in [0.25, 0.3) is 10.9 Å². The molecule has 1 aromatic heterocycles. The van der Waals surface area contributed by atoms with E-state index in [4.69, 9.17) is 27.9 Å². The van der Waals surface area contributed by atoms with Crippen LogP contribution in [0.3, 0.4) is 0 Å². The van der Waals surface area contributed by atoms with E-state index in [2.05, 4.69) is 9.97 Å². The van der Waals surface area contributed by atoms with Crippen LogP contribution in [0.1, 0.15) is 24.3 Å². The van der Waals surface area contributed by atoms with Gasteiger partial charge in [-0.2, -0.15) is 0 Å². The van der Waals surface area contributed by atoms with Gasteiger partial charge in [0.25, 0.3) is 0 Å². The fourth-order valence-electron chi connectivity index (χ4n) is 2.03. The molecular weight excluding hydrogens is 259 g/mol. The first-order valence-electron chi connectivity index (χ1n) is 5.39. The van der Waals surface area contributed by atoms with Crippen molar-refractivity contribution in [2.24, 2.45) is 0 Å². The molecule has 88 valence electrons. The van der Waals surface area contributed by atoms with E-state index >= 15 is 0 Å². The first-order valence-corrected chi connectivity index (χ1v) is 6.15. The third-order valence-electron chi connectivity index (χ3n) is 2.98. The van der Waals surface area contributed by atoms with Crippen LogP contribution in [-0.2, 0) is 0 Å². The Balaban J connectivity index is 2.35. The Kier molecular flexibility index (Phi) is 2.60. The molecule has 0 aliphatic heterocycles. The molecule has 2 aromatic rings. The minimum atomic E-state index is 0.164. The lowest BCUT2D eigenvalue weighted by molar-refractivity contribution is 0.415. The quantitative estimate of drug-likeness (QED) is 0.614. The van der Waals surface area contributed by atoms with E-state index < -0.39 is 0 Å². The number of hydrogen-bond acceptors (Lipinski definition) is 3. The zero-order chi connectivity index (χ0) is 12.0. The molecule has 1 aliphatic rings. The van der Waals surface area contributed by atoms with E-state index in [0.717, 1.165) is 16.7 Å². The van der Waals surface area contributed by atoms with Crippen LogP contribution in [0.2, 0.25) is 10.4 Å². The van der Waals surface area contributed by atoms with E-state index in [9.17, 15) is 0 Å². The smallest absolute Gasteiger partial charge is 0.224 e. The van der Waals surface area contributed by atoms with Crippen molar-refractivity contribution in [3.05, 3.63) is 28.1 Å². The zero-order valence-electron chi connectivity index (χ0n) is 9.20. The summed E-state index contributed by atoms with van der Waals surface area (Å²) < 4.78 is 5.27. The molecule has 1 aromatic carbocycles. The molecule has 1 heterocycles. The molecule has 1 fully saturated rings. The molecule has 0 N–H and O–H groups in total. The average Bonchev–Trinajstić information content (AvgIpc) is 3.10. The first-order chi connectivity index (χ1) is 8.19. The molecule has 0 spiro atoms. The fraction of sp³-hybridized carbons (Fsp3) is 0.333. The molecule has 1 aliphatic carbocycles. The van der Waals surface area contributed by atoms with Crippen LogP contribution in [0.5, 0.6) is 5.75 Å². The summed E-state index contributed by atoms with van der Waals surface area (Å²) in [6, 6.07) is 3.85. The van der Waals surface area contributed by atoms with Crippen LogP contribution in [0.4, 0.5) is 0 Å². The Morgan fingerprint density at radius 3 is 2.65 bits per heavy atom. The van der Waals surface area contributed by atoms with Crippen molar-refractivity contribution in [2.45, 2.75) is 18.8 Å². The van der Waals surface area contributed by atoms with Gasteiger partial charge in [-0.25, -0.2) is 9.97 Å². The summed E-state index contributed by atoms with van der Waals surface area (Å²) in [7, 11) is 1.64. The molecule has 1 saturated carbocycles. The summed E-state index contributed by atoms with van der Waals surface area (Å²) in [5.41, 5.74) is 1.91. The molecule has 0 saturated heterocycles. The molecule has 0 unspecified atom stereocenters. The predicted octanol–water partition coefficient (Wildman–Crippen LogP) is 3.82. The van der Waals surface area contributed by atoms with Gasteiger partial charge in [0.15, 0.2) is 0 Å². The highest BCUT2D eigenvalue weighted by Gasteiger charge is 2.27. The lowest BCUT2D eigenvalue weighted by Crippen LogP contribution is -1.94. The number of rotatable bonds is 2. The van der Waals surface area contributed by atoms with Gasteiger partial charge in [-0.05, 0) is 42.0 Å².